The molecule has 69 heavy (non-hydrogen) atoms. The molecule has 6 aromatic rings. The maximum atomic E-state index is 14.7. The van der Waals surface area contributed by atoms with Crippen molar-refractivity contribution < 1.29 is 29.8 Å². The molecule has 2 aliphatic carbocycles. The molecular formula is C60H61N5O4. The molecule has 0 spiro atoms. The minimum absolute atomic E-state index is 0.134. The molecule has 2 atom stereocenters. The molecule has 3 aliphatic heterocycles. The van der Waals surface area contributed by atoms with Crippen molar-refractivity contribution in [3.63, 3.8) is 0 Å². The third kappa shape index (κ3) is 6.78. The number of rotatable bonds is 11. The van der Waals surface area contributed by atoms with Gasteiger partial charge in [-0.15, -0.1) is 0 Å². The van der Waals surface area contributed by atoms with Gasteiger partial charge in [0, 0.05) is 77.9 Å². The zero-order chi connectivity index (χ0) is 48.3. The minimum Gasteiger partial charge on any atom is -0.871 e. The van der Waals surface area contributed by atoms with Crippen molar-refractivity contribution in [3.8, 4) is 0 Å². The number of nitrogens with one attached hydrogen (secondary N) is 4. The zero-order valence-corrected chi connectivity index (χ0v) is 41.1. The lowest BCUT2D eigenvalue weighted by Crippen LogP contribution is -2.95. The summed E-state index contributed by atoms with van der Waals surface area (Å²) in [6, 6.07) is 30.4. The Morgan fingerprint density at radius 3 is 1.94 bits per heavy atom. The van der Waals surface area contributed by atoms with Gasteiger partial charge in [0.25, 0.3) is 0 Å². The van der Waals surface area contributed by atoms with Gasteiger partial charge in [-0.1, -0.05) is 133 Å². The molecule has 11 rings (SSSR count). The van der Waals surface area contributed by atoms with Crippen molar-refractivity contribution >= 4 is 77.7 Å². The molecule has 4 N–H and O–H groups in total. The van der Waals surface area contributed by atoms with Gasteiger partial charge in [-0.2, -0.15) is 0 Å². The van der Waals surface area contributed by atoms with Gasteiger partial charge in [0.1, 0.15) is 0 Å². The summed E-state index contributed by atoms with van der Waals surface area (Å²) in [4.78, 5) is 39.3. The van der Waals surface area contributed by atoms with Crippen molar-refractivity contribution in [2.75, 3.05) is 22.1 Å². The number of Topliss-reactive ketones (excluding diaryl/α,β-unsaturated/α-hetero) is 2. The van der Waals surface area contributed by atoms with Crippen LogP contribution in [0, 0.1) is 5.92 Å². The quantitative estimate of drug-likeness (QED) is 0.147. The molecule has 0 saturated heterocycles. The highest BCUT2D eigenvalue weighted by Gasteiger charge is 2.44. The SMILES string of the molecule is CCCCC1(C)Nc2cccc3cc/c(=C4/C(=O)C(c5ccc6cc/c(=C7/C(=O)C(/C=C8\N(CCC(C)C)c9ccc%10ccccc%10c9C8(C)C)=C7[O-])c7c6c5NC(C)(CCCC)[NH+]=7)=C4[O-])c(c23)=[NH+]1. The largest absolute Gasteiger partial charge is 0.871 e. The van der Waals surface area contributed by atoms with Crippen LogP contribution < -0.4 is 56.9 Å². The lowest BCUT2D eigenvalue weighted by atomic mass is 9.78. The Bertz CT molecular complexity index is 3650. The number of unbranched alkanes of at least 4 members (excludes halogenated alkanes) is 2. The summed E-state index contributed by atoms with van der Waals surface area (Å²) in [5, 5.41) is 45.4. The Morgan fingerprint density at radius 1 is 0.667 bits per heavy atom. The summed E-state index contributed by atoms with van der Waals surface area (Å²) in [6.07, 6.45) is 8.25. The molecule has 9 nitrogen and oxygen atoms in total. The number of allylic oxidation sites excluding steroid dienone is 6. The van der Waals surface area contributed by atoms with Crippen LogP contribution in [0.25, 0.3) is 49.0 Å². The molecule has 0 aromatic heterocycles. The van der Waals surface area contributed by atoms with Crippen LogP contribution in [0.4, 0.5) is 17.1 Å². The van der Waals surface area contributed by atoms with Crippen LogP contribution in [0.1, 0.15) is 111 Å². The van der Waals surface area contributed by atoms with E-state index < -0.39 is 16.7 Å². The van der Waals surface area contributed by atoms with Crippen LogP contribution in [-0.4, -0.2) is 29.4 Å². The second-order valence-corrected chi connectivity index (χ2v) is 21.4. The number of anilines is 3. The highest BCUT2D eigenvalue weighted by atomic mass is 16.3. The highest BCUT2D eigenvalue weighted by Crippen LogP contribution is 2.52. The van der Waals surface area contributed by atoms with Gasteiger partial charge >= 0.3 is 0 Å². The predicted molar refractivity (Wildman–Crippen MR) is 272 cm³/mol. The third-order valence-corrected chi connectivity index (χ3v) is 15.5. The summed E-state index contributed by atoms with van der Waals surface area (Å²) in [6.45, 7) is 18.1. The Hall–Kier alpha value is -7.00. The molecule has 350 valence electrons. The zero-order valence-electron chi connectivity index (χ0n) is 41.1. The van der Waals surface area contributed by atoms with Gasteiger partial charge in [-0.25, -0.2) is 9.98 Å². The Morgan fingerprint density at radius 2 is 1.28 bits per heavy atom. The number of benzene rings is 6. The first-order valence-electron chi connectivity index (χ1n) is 25.1. The van der Waals surface area contributed by atoms with Gasteiger partial charge in [-0.05, 0) is 82.6 Å². The van der Waals surface area contributed by atoms with Crippen molar-refractivity contribution in [2.24, 2.45) is 5.92 Å². The number of fused-ring (bicyclic) bond motifs is 3. The minimum atomic E-state index is -0.728. The predicted octanol–water partition coefficient (Wildman–Crippen LogP) is 4.79. The van der Waals surface area contributed by atoms with E-state index in [1.807, 2.05) is 48.5 Å². The van der Waals surface area contributed by atoms with E-state index in [4.69, 9.17) is 0 Å². The smallest absolute Gasteiger partial charge is 0.231 e. The number of carbonyl (C=O) groups is 2. The topological polar surface area (TPSA) is 136 Å². The average Bonchev–Trinajstić information content (AvgIpc) is 3.55. The average molecular weight is 916 g/mol. The summed E-state index contributed by atoms with van der Waals surface area (Å²) in [5.74, 6) is -0.708. The molecule has 3 heterocycles. The fraction of sp³-hybridized carbons (Fsp3) is 0.333. The monoisotopic (exact) mass is 915 g/mol. The van der Waals surface area contributed by atoms with Gasteiger partial charge < -0.3 is 25.7 Å². The first-order chi connectivity index (χ1) is 33.1. The first kappa shape index (κ1) is 44.5. The molecule has 5 aliphatic rings. The van der Waals surface area contributed by atoms with E-state index in [0.717, 1.165) is 94.4 Å². The van der Waals surface area contributed by atoms with Crippen LogP contribution in [0.15, 0.2) is 120 Å². The van der Waals surface area contributed by atoms with Crippen LogP contribution in [0.2, 0.25) is 0 Å². The molecule has 0 fully saturated rings. The van der Waals surface area contributed by atoms with Gasteiger partial charge in [0.05, 0.1) is 32.6 Å². The van der Waals surface area contributed by atoms with E-state index in [-0.39, 0.29) is 45.4 Å². The fourth-order valence-electron chi connectivity index (χ4n) is 11.8. The Labute approximate surface area is 403 Å². The number of ketones is 2. The molecule has 9 heteroatoms. The van der Waals surface area contributed by atoms with E-state index in [9.17, 15) is 19.8 Å². The van der Waals surface area contributed by atoms with E-state index in [1.54, 1.807) is 0 Å². The molecule has 2 unspecified atom stereocenters. The Balaban J connectivity index is 1.09. The van der Waals surface area contributed by atoms with Gasteiger partial charge in [0.2, 0.25) is 22.0 Å². The Kier molecular flexibility index (Phi) is 10.3. The van der Waals surface area contributed by atoms with E-state index >= 15 is 0 Å². The molecular weight excluding hydrogens is 855 g/mol. The van der Waals surface area contributed by atoms with Crippen molar-refractivity contribution in [1.82, 2.24) is 0 Å². The van der Waals surface area contributed by atoms with Crippen molar-refractivity contribution in [2.45, 2.75) is 117 Å². The van der Waals surface area contributed by atoms with Crippen LogP contribution in [-0.2, 0) is 15.0 Å². The molecule has 0 bridgehead atoms. The normalized spacial score (nSPS) is 23.3. The van der Waals surface area contributed by atoms with Crippen molar-refractivity contribution in [1.29, 1.82) is 0 Å². The fourth-order valence-corrected chi connectivity index (χ4v) is 11.8. The standard InChI is InChI=1S/C60H61N5O4/c1-9-11-29-59(7)61-42-19-15-17-35-20-24-39(51(62-59)45(35)42)48-56(68)49(57(48)69)40-26-22-36-21-25-38(52-46(36)53(40)64-60(8,63-52)30-12-10-2)47-54(66)41(55(47)67)32-44-58(5,6)50-37-18-14-13-16-34(37)23-27-43(50)65(44)31-28-33(3)4/h13-27,32-33,61,64,66,68H,9-12,28-31H2,1-8H3/b44-32-,47-38-,48-39-. The van der Waals surface area contributed by atoms with Gasteiger partial charge in [0.15, 0.2) is 11.6 Å². The van der Waals surface area contributed by atoms with E-state index in [2.05, 4.69) is 129 Å². The highest BCUT2D eigenvalue weighted by molar-refractivity contribution is 6.52. The maximum Gasteiger partial charge on any atom is 0.231 e. The van der Waals surface area contributed by atoms with Crippen LogP contribution in [0.5, 0.6) is 0 Å². The first-order valence-corrected chi connectivity index (χ1v) is 25.1. The second-order valence-electron chi connectivity index (χ2n) is 21.4. The lowest BCUT2D eigenvalue weighted by Gasteiger charge is -2.35. The van der Waals surface area contributed by atoms with E-state index in [0.29, 0.717) is 39.4 Å². The van der Waals surface area contributed by atoms with Crippen LogP contribution in [0.3, 0.4) is 0 Å². The summed E-state index contributed by atoms with van der Waals surface area (Å²) in [5.41, 5.74) is 4.38. The van der Waals surface area contributed by atoms with Crippen molar-refractivity contribution in [3.05, 3.63) is 152 Å². The summed E-state index contributed by atoms with van der Waals surface area (Å²) >= 11 is 0. The van der Waals surface area contributed by atoms with Gasteiger partial charge in [-0.3, -0.25) is 9.59 Å². The van der Waals surface area contributed by atoms with Crippen LogP contribution >= 0.6 is 0 Å². The third-order valence-electron chi connectivity index (χ3n) is 15.5. The van der Waals surface area contributed by atoms with E-state index in [1.165, 1.54) is 10.9 Å². The second kappa shape index (κ2) is 16.0. The lowest BCUT2D eigenvalue weighted by molar-refractivity contribution is -0.580. The molecule has 0 saturated carbocycles. The number of hydrogen-bond donors (Lipinski definition) is 4. The number of nitrogens with zero attached hydrogens (tertiary/aromatic N) is 1. The number of hydrogen-bond acceptors (Lipinski definition) is 7. The maximum absolute atomic E-state index is 14.7. The summed E-state index contributed by atoms with van der Waals surface area (Å²) < 4.78 is 0. The summed E-state index contributed by atoms with van der Waals surface area (Å²) in [7, 11) is 0. The molecule has 0 amide bonds. The number of carbonyl (C=O) groups excluding carboxylic acids is 2. The molecule has 6 aromatic carbocycles. The molecule has 0 radical (unpaired) electrons.